The molecule has 0 bridgehead atoms. The van der Waals surface area contributed by atoms with Gasteiger partial charge in [-0.15, -0.1) is 0 Å². The first-order valence-electron chi connectivity index (χ1n) is 3.72. The summed E-state index contributed by atoms with van der Waals surface area (Å²) < 4.78 is 1.05. The minimum atomic E-state index is 0.442. The van der Waals surface area contributed by atoms with Crippen LogP contribution in [0.4, 0.5) is 0 Å². The van der Waals surface area contributed by atoms with E-state index >= 15 is 0 Å². The number of rotatable bonds is 2. The molecule has 0 aromatic rings. The monoisotopic (exact) mass is 190 g/mol. The lowest BCUT2D eigenvalue weighted by atomic mass is 10.4. The van der Waals surface area contributed by atoms with Gasteiger partial charge in [0.15, 0.2) is 0 Å². The molecule has 0 aliphatic carbocycles. The van der Waals surface area contributed by atoms with Crippen LogP contribution in [0.5, 0.6) is 0 Å². The SMILES string of the molecule is CC(N(C)C)N1CCSC1=S. The Kier molecular flexibility index (Phi) is 3.16. The van der Waals surface area contributed by atoms with Crippen molar-refractivity contribution in [1.29, 1.82) is 0 Å². The smallest absolute Gasteiger partial charge is 0.137 e. The van der Waals surface area contributed by atoms with Crippen LogP contribution in [0.15, 0.2) is 0 Å². The number of nitrogens with zero attached hydrogens (tertiary/aromatic N) is 2. The molecule has 1 saturated heterocycles. The zero-order chi connectivity index (χ0) is 8.43. The fourth-order valence-electron chi connectivity index (χ4n) is 1.02. The van der Waals surface area contributed by atoms with Crippen LogP contribution in [0.25, 0.3) is 0 Å². The first-order chi connectivity index (χ1) is 5.13. The summed E-state index contributed by atoms with van der Waals surface area (Å²) in [6.07, 6.45) is 0.442. The Balaban J connectivity index is 2.52. The fraction of sp³-hybridized carbons (Fsp3) is 0.857. The Labute approximate surface area is 77.9 Å². The van der Waals surface area contributed by atoms with Crippen molar-refractivity contribution >= 4 is 28.3 Å². The predicted molar refractivity (Wildman–Crippen MR) is 54.9 cm³/mol. The topological polar surface area (TPSA) is 6.48 Å². The van der Waals surface area contributed by atoms with E-state index in [2.05, 4.69) is 30.8 Å². The minimum Gasteiger partial charge on any atom is -0.341 e. The molecule has 0 radical (unpaired) electrons. The van der Waals surface area contributed by atoms with Crippen molar-refractivity contribution in [2.24, 2.45) is 0 Å². The van der Waals surface area contributed by atoms with Crippen LogP contribution < -0.4 is 0 Å². The summed E-state index contributed by atoms with van der Waals surface area (Å²) in [6.45, 7) is 3.28. The molecular formula is C7H14N2S2. The molecule has 2 nitrogen and oxygen atoms in total. The summed E-state index contributed by atoms with van der Waals surface area (Å²) >= 11 is 6.98. The molecule has 0 amide bonds. The summed E-state index contributed by atoms with van der Waals surface area (Å²) in [5.41, 5.74) is 0. The predicted octanol–water partition coefficient (Wildman–Crippen LogP) is 1.23. The molecule has 0 saturated carbocycles. The highest BCUT2D eigenvalue weighted by molar-refractivity contribution is 8.23. The van der Waals surface area contributed by atoms with Gasteiger partial charge in [0, 0.05) is 12.3 Å². The number of hydrogen-bond donors (Lipinski definition) is 0. The van der Waals surface area contributed by atoms with Crippen molar-refractivity contribution in [2.45, 2.75) is 13.1 Å². The van der Waals surface area contributed by atoms with E-state index in [9.17, 15) is 0 Å². The number of thioether (sulfide) groups is 1. The molecule has 4 heteroatoms. The fourth-order valence-corrected chi connectivity index (χ4v) is 2.39. The van der Waals surface area contributed by atoms with Crippen molar-refractivity contribution in [2.75, 3.05) is 26.4 Å². The zero-order valence-electron chi connectivity index (χ0n) is 7.20. The second-order valence-corrected chi connectivity index (χ2v) is 4.63. The minimum absolute atomic E-state index is 0.442. The third-order valence-electron chi connectivity index (χ3n) is 1.99. The lowest BCUT2D eigenvalue weighted by Crippen LogP contribution is -2.42. The number of hydrogen-bond acceptors (Lipinski definition) is 3. The van der Waals surface area contributed by atoms with Crippen LogP contribution in [-0.2, 0) is 0 Å². The molecule has 1 atom stereocenters. The van der Waals surface area contributed by atoms with E-state index in [1.165, 1.54) is 0 Å². The molecule has 0 aromatic heterocycles. The standard InChI is InChI=1S/C7H14N2S2/c1-6(8(2)3)9-4-5-11-7(9)10/h6H,4-5H2,1-3H3. The van der Waals surface area contributed by atoms with Crippen molar-refractivity contribution in [3.05, 3.63) is 0 Å². The van der Waals surface area contributed by atoms with Gasteiger partial charge >= 0.3 is 0 Å². The quantitative estimate of drug-likeness (QED) is 0.604. The lowest BCUT2D eigenvalue weighted by molar-refractivity contribution is 0.176. The van der Waals surface area contributed by atoms with Crippen LogP contribution >= 0.6 is 24.0 Å². The van der Waals surface area contributed by atoms with Gasteiger partial charge in [0.05, 0.1) is 6.17 Å². The van der Waals surface area contributed by atoms with Gasteiger partial charge in [0.25, 0.3) is 0 Å². The van der Waals surface area contributed by atoms with E-state index in [0.29, 0.717) is 6.17 Å². The van der Waals surface area contributed by atoms with Crippen LogP contribution in [0.3, 0.4) is 0 Å². The molecule has 0 N–H and O–H groups in total. The molecule has 64 valence electrons. The highest BCUT2D eigenvalue weighted by Gasteiger charge is 2.23. The van der Waals surface area contributed by atoms with Crippen molar-refractivity contribution in [1.82, 2.24) is 9.80 Å². The lowest BCUT2D eigenvalue weighted by Gasteiger charge is -2.30. The average Bonchev–Trinajstić information content (AvgIpc) is 2.33. The van der Waals surface area contributed by atoms with Gasteiger partial charge in [-0.05, 0) is 21.0 Å². The van der Waals surface area contributed by atoms with Crippen LogP contribution in [-0.4, -0.2) is 46.7 Å². The highest BCUT2D eigenvalue weighted by Crippen LogP contribution is 2.20. The van der Waals surface area contributed by atoms with Gasteiger partial charge in [-0.3, -0.25) is 4.90 Å². The molecule has 1 heterocycles. The summed E-state index contributed by atoms with van der Waals surface area (Å²) in [4.78, 5) is 4.44. The summed E-state index contributed by atoms with van der Waals surface area (Å²) in [6, 6.07) is 0. The van der Waals surface area contributed by atoms with E-state index < -0.39 is 0 Å². The molecule has 0 spiro atoms. The maximum Gasteiger partial charge on any atom is 0.137 e. The van der Waals surface area contributed by atoms with E-state index in [1.54, 1.807) is 11.8 Å². The molecule has 0 aromatic carbocycles. The van der Waals surface area contributed by atoms with Crippen LogP contribution in [0, 0.1) is 0 Å². The largest absolute Gasteiger partial charge is 0.341 e. The van der Waals surface area contributed by atoms with E-state index in [0.717, 1.165) is 16.6 Å². The molecule has 1 rings (SSSR count). The normalized spacial score (nSPS) is 21.5. The summed E-state index contributed by atoms with van der Waals surface area (Å²) in [7, 11) is 4.16. The van der Waals surface area contributed by atoms with Gasteiger partial charge in [-0.2, -0.15) is 0 Å². The Morgan fingerprint density at radius 1 is 1.64 bits per heavy atom. The Morgan fingerprint density at radius 2 is 2.27 bits per heavy atom. The average molecular weight is 190 g/mol. The summed E-state index contributed by atoms with van der Waals surface area (Å²) in [5.74, 6) is 1.15. The van der Waals surface area contributed by atoms with Crippen LogP contribution in [0.1, 0.15) is 6.92 Å². The van der Waals surface area contributed by atoms with E-state index in [-0.39, 0.29) is 0 Å². The van der Waals surface area contributed by atoms with E-state index in [4.69, 9.17) is 12.2 Å². The van der Waals surface area contributed by atoms with Gasteiger partial charge in [0.2, 0.25) is 0 Å². The Bertz CT molecular complexity index is 159. The molecule has 1 aliphatic heterocycles. The molecular weight excluding hydrogens is 176 g/mol. The third kappa shape index (κ3) is 2.07. The first kappa shape index (κ1) is 9.29. The van der Waals surface area contributed by atoms with Gasteiger partial charge < -0.3 is 4.90 Å². The zero-order valence-corrected chi connectivity index (χ0v) is 8.84. The molecule has 1 fully saturated rings. The second-order valence-electron chi connectivity index (χ2n) is 2.90. The second kappa shape index (κ2) is 3.74. The van der Waals surface area contributed by atoms with Crippen molar-refractivity contribution < 1.29 is 0 Å². The summed E-state index contributed by atoms with van der Waals surface area (Å²) in [5, 5.41) is 0. The van der Waals surface area contributed by atoms with Crippen molar-refractivity contribution in [3.8, 4) is 0 Å². The molecule has 1 aliphatic rings. The Hall–Kier alpha value is 0.200. The maximum atomic E-state index is 5.20. The first-order valence-corrected chi connectivity index (χ1v) is 5.12. The van der Waals surface area contributed by atoms with Crippen molar-refractivity contribution in [3.63, 3.8) is 0 Å². The Morgan fingerprint density at radius 3 is 2.64 bits per heavy atom. The highest BCUT2D eigenvalue weighted by atomic mass is 32.2. The van der Waals surface area contributed by atoms with E-state index in [1.807, 2.05) is 0 Å². The third-order valence-corrected chi connectivity index (χ3v) is 3.45. The molecule has 11 heavy (non-hydrogen) atoms. The van der Waals surface area contributed by atoms with Gasteiger partial charge in [0.1, 0.15) is 4.32 Å². The maximum absolute atomic E-state index is 5.20. The molecule has 1 unspecified atom stereocenters. The van der Waals surface area contributed by atoms with Gasteiger partial charge in [-0.1, -0.05) is 24.0 Å². The number of thiocarbonyl (C=S) groups is 1. The van der Waals surface area contributed by atoms with Gasteiger partial charge in [-0.25, -0.2) is 0 Å². The van der Waals surface area contributed by atoms with Crippen LogP contribution in [0.2, 0.25) is 0 Å².